The summed E-state index contributed by atoms with van der Waals surface area (Å²) in [5.74, 6) is -0.293. The molecule has 0 N–H and O–H groups in total. The molecule has 0 saturated heterocycles. The highest BCUT2D eigenvalue weighted by Crippen LogP contribution is 2.25. The summed E-state index contributed by atoms with van der Waals surface area (Å²) in [7, 11) is 3.76. The van der Waals surface area contributed by atoms with Crippen molar-refractivity contribution in [2.75, 3.05) is 14.1 Å². The highest BCUT2D eigenvalue weighted by molar-refractivity contribution is 5.76. The highest BCUT2D eigenvalue weighted by atomic mass is 15.0. The molecule has 2 aromatic carbocycles. The SMILES string of the molecule is CN(C)/C=C(\C#N)c1ccc(C(C#N)c2ccccc2)cc1. The van der Waals surface area contributed by atoms with Gasteiger partial charge in [0, 0.05) is 20.3 Å². The first-order valence-electron chi connectivity index (χ1n) is 6.99. The van der Waals surface area contributed by atoms with Gasteiger partial charge in [0.2, 0.25) is 0 Å². The molecule has 22 heavy (non-hydrogen) atoms. The second-order valence-electron chi connectivity index (χ2n) is 5.21. The molecule has 0 aliphatic rings. The molecule has 3 heteroatoms. The van der Waals surface area contributed by atoms with Crippen molar-refractivity contribution in [1.29, 1.82) is 10.5 Å². The minimum atomic E-state index is -0.293. The fourth-order valence-electron chi connectivity index (χ4n) is 2.27. The van der Waals surface area contributed by atoms with Crippen LogP contribution < -0.4 is 0 Å². The average Bonchev–Trinajstić information content (AvgIpc) is 2.55. The van der Waals surface area contributed by atoms with Gasteiger partial charge >= 0.3 is 0 Å². The zero-order valence-corrected chi connectivity index (χ0v) is 12.7. The van der Waals surface area contributed by atoms with Gasteiger partial charge in [-0.1, -0.05) is 54.6 Å². The lowest BCUT2D eigenvalue weighted by Crippen LogP contribution is -2.02. The Bertz CT molecular complexity index is 729. The molecule has 0 spiro atoms. The molecule has 1 unspecified atom stereocenters. The number of hydrogen-bond acceptors (Lipinski definition) is 3. The van der Waals surface area contributed by atoms with Gasteiger partial charge in [0.1, 0.15) is 6.07 Å². The quantitative estimate of drug-likeness (QED) is 0.804. The normalized spacial score (nSPS) is 12.1. The number of nitriles is 2. The fourth-order valence-corrected chi connectivity index (χ4v) is 2.27. The summed E-state index contributed by atoms with van der Waals surface area (Å²) in [6.07, 6.45) is 1.79. The molecule has 1 atom stereocenters. The van der Waals surface area contributed by atoms with Crippen LogP contribution in [-0.4, -0.2) is 19.0 Å². The lowest BCUT2D eigenvalue weighted by molar-refractivity contribution is 0.566. The summed E-state index contributed by atoms with van der Waals surface area (Å²) < 4.78 is 0. The molecule has 2 rings (SSSR count). The Kier molecular flexibility index (Phi) is 4.96. The van der Waals surface area contributed by atoms with Crippen molar-refractivity contribution in [3.63, 3.8) is 0 Å². The monoisotopic (exact) mass is 287 g/mol. The first kappa shape index (κ1) is 15.4. The maximum atomic E-state index is 9.46. The van der Waals surface area contributed by atoms with Crippen LogP contribution >= 0.6 is 0 Å². The molecule has 0 aliphatic carbocycles. The van der Waals surface area contributed by atoms with E-state index >= 15 is 0 Å². The van der Waals surface area contributed by atoms with E-state index in [-0.39, 0.29) is 5.92 Å². The van der Waals surface area contributed by atoms with Crippen molar-refractivity contribution < 1.29 is 0 Å². The molecule has 0 radical (unpaired) electrons. The summed E-state index contributed by atoms with van der Waals surface area (Å²) in [5, 5.41) is 18.7. The van der Waals surface area contributed by atoms with Gasteiger partial charge in [-0.25, -0.2) is 0 Å². The molecule has 3 nitrogen and oxygen atoms in total. The topological polar surface area (TPSA) is 50.8 Å². The molecule has 0 aliphatic heterocycles. The van der Waals surface area contributed by atoms with Crippen LogP contribution in [0.2, 0.25) is 0 Å². The molecule has 0 fully saturated rings. The van der Waals surface area contributed by atoms with E-state index in [0.29, 0.717) is 5.57 Å². The maximum Gasteiger partial charge on any atom is 0.101 e. The van der Waals surface area contributed by atoms with E-state index in [9.17, 15) is 10.5 Å². The van der Waals surface area contributed by atoms with Crippen LogP contribution in [0, 0.1) is 22.7 Å². The third-order valence-corrected chi connectivity index (χ3v) is 3.32. The van der Waals surface area contributed by atoms with Gasteiger partial charge in [0.25, 0.3) is 0 Å². The lowest BCUT2D eigenvalue weighted by atomic mass is 9.91. The maximum absolute atomic E-state index is 9.46. The summed E-state index contributed by atoms with van der Waals surface area (Å²) >= 11 is 0. The van der Waals surface area contributed by atoms with Crippen molar-refractivity contribution in [2.24, 2.45) is 0 Å². The van der Waals surface area contributed by atoms with E-state index in [1.165, 1.54) is 0 Å². The minimum Gasteiger partial charge on any atom is -0.382 e. The van der Waals surface area contributed by atoms with Crippen LogP contribution in [0.3, 0.4) is 0 Å². The van der Waals surface area contributed by atoms with E-state index in [0.717, 1.165) is 16.7 Å². The van der Waals surface area contributed by atoms with Gasteiger partial charge in [-0.05, 0) is 16.7 Å². The molecular weight excluding hydrogens is 270 g/mol. The minimum absolute atomic E-state index is 0.293. The van der Waals surface area contributed by atoms with Gasteiger partial charge in [-0.3, -0.25) is 0 Å². The van der Waals surface area contributed by atoms with Crippen molar-refractivity contribution >= 4 is 5.57 Å². The van der Waals surface area contributed by atoms with Crippen LogP contribution in [0.25, 0.3) is 5.57 Å². The zero-order valence-electron chi connectivity index (χ0n) is 12.7. The molecule has 0 aromatic heterocycles. The first-order valence-corrected chi connectivity index (χ1v) is 6.99. The van der Waals surface area contributed by atoms with Crippen LogP contribution in [-0.2, 0) is 0 Å². The third-order valence-electron chi connectivity index (χ3n) is 3.32. The Morgan fingerprint density at radius 3 is 2.05 bits per heavy atom. The van der Waals surface area contributed by atoms with Crippen LogP contribution in [0.15, 0.2) is 60.8 Å². The van der Waals surface area contributed by atoms with Crippen molar-refractivity contribution in [3.05, 3.63) is 77.5 Å². The van der Waals surface area contributed by atoms with Crippen molar-refractivity contribution in [2.45, 2.75) is 5.92 Å². The second-order valence-corrected chi connectivity index (χ2v) is 5.21. The predicted octanol–water partition coefficient (Wildman–Crippen LogP) is 3.77. The third kappa shape index (κ3) is 3.53. The predicted molar refractivity (Wildman–Crippen MR) is 87.6 cm³/mol. The molecular formula is C19H17N3. The number of allylic oxidation sites excluding steroid dienone is 1. The van der Waals surface area contributed by atoms with Gasteiger partial charge in [0.05, 0.1) is 17.6 Å². The van der Waals surface area contributed by atoms with Crippen LogP contribution in [0.1, 0.15) is 22.6 Å². The summed E-state index contributed by atoms with van der Waals surface area (Å²) in [5.41, 5.74) is 3.36. The van der Waals surface area contributed by atoms with Crippen LogP contribution in [0.4, 0.5) is 0 Å². The van der Waals surface area contributed by atoms with E-state index in [4.69, 9.17) is 0 Å². The molecule has 0 bridgehead atoms. The second kappa shape index (κ2) is 7.11. The summed E-state index contributed by atoms with van der Waals surface area (Å²) in [6, 6.07) is 21.9. The molecule has 0 amide bonds. The standard InChI is InChI=1S/C19H17N3/c1-22(2)14-18(12-20)15-8-10-17(11-9-15)19(13-21)16-6-4-3-5-7-16/h3-11,14,19H,1-2H3/b18-14+. The Morgan fingerprint density at radius 2 is 1.55 bits per heavy atom. The van der Waals surface area contributed by atoms with E-state index < -0.39 is 0 Å². The fraction of sp³-hybridized carbons (Fsp3) is 0.158. The molecule has 0 heterocycles. The smallest absolute Gasteiger partial charge is 0.101 e. The molecule has 108 valence electrons. The van der Waals surface area contributed by atoms with Gasteiger partial charge in [-0.15, -0.1) is 0 Å². The van der Waals surface area contributed by atoms with E-state index in [1.807, 2.05) is 73.6 Å². The number of benzene rings is 2. The van der Waals surface area contributed by atoms with Gasteiger partial charge in [-0.2, -0.15) is 10.5 Å². The van der Waals surface area contributed by atoms with Crippen LogP contribution in [0.5, 0.6) is 0 Å². The first-order chi connectivity index (χ1) is 10.7. The number of hydrogen-bond donors (Lipinski definition) is 0. The Morgan fingerprint density at radius 1 is 0.955 bits per heavy atom. The Hall–Kier alpha value is -3.04. The Labute approximate surface area is 131 Å². The largest absolute Gasteiger partial charge is 0.382 e. The summed E-state index contributed by atoms with van der Waals surface area (Å²) in [4.78, 5) is 1.84. The average molecular weight is 287 g/mol. The van der Waals surface area contributed by atoms with Gasteiger partial charge < -0.3 is 4.90 Å². The van der Waals surface area contributed by atoms with Crippen molar-refractivity contribution in [3.8, 4) is 12.1 Å². The van der Waals surface area contributed by atoms with E-state index in [2.05, 4.69) is 12.1 Å². The van der Waals surface area contributed by atoms with Gasteiger partial charge in [0.15, 0.2) is 0 Å². The number of nitrogens with zero attached hydrogens (tertiary/aromatic N) is 3. The lowest BCUT2D eigenvalue weighted by Gasteiger charge is -2.11. The highest BCUT2D eigenvalue weighted by Gasteiger charge is 2.13. The van der Waals surface area contributed by atoms with Crippen molar-refractivity contribution in [1.82, 2.24) is 4.90 Å². The van der Waals surface area contributed by atoms with E-state index in [1.54, 1.807) is 6.20 Å². The summed E-state index contributed by atoms with van der Waals surface area (Å²) in [6.45, 7) is 0. The molecule has 2 aromatic rings. The Balaban J connectivity index is 2.33. The zero-order chi connectivity index (χ0) is 15.9. The number of rotatable bonds is 4. The molecule has 0 saturated carbocycles.